The van der Waals surface area contributed by atoms with Gasteiger partial charge in [0.05, 0.1) is 5.25 Å². The van der Waals surface area contributed by atoms with Crippen molar-refractivity contribution in [2.24, 2.45) is 17.6 Å². The van der Waals surface area contributed by atoms with Crippen LogP contribution < -0.4 is 5.73 Å². The maximum absolute atomic E-state index is 10.8. The van der Waals surface area contributed by atoms with Gasteiger partial charge in [0.15, 0.2) is 0 Å². The fourth-order valence-electron chi connectivity index (χ4n) is 2.07. The van der Waals surface area contributed by atoms with Gasteiger partial charge in [-0.15, -0.1) is 11.8 Å². The fraction of sp³-hybridized carbons (Fsp3) is 0.909. The Balaban J connectivity index is 2.20. The minimum absolute atomic E-state index is 0.0211. The van der Waals surface area contributed by atoms with Gasteiger partial charge < -0.3 is 5.73 Å². The Labute approximate surface area is 91.0 Å². The molecule has 2 nitrogen and oxygen atoms in total. The third kappa shape index (κ3) is 3.91. The Kier molecular flexibility index (Phi) is 4.79. The highest BCUT2D eigenvalue weighted by Gasteiger charge is 2.20. The molecule has 0 aromatic rings. The highest BCUT2D eigenvalue weighted by atomic mass is 32.2. The van der Waals surface area contributed by atoms with E-state index in [2.05, 4.69) is 6.92 Å². The van der Waals surface area contributed by atoms with E-state index in [1.54, 1.807) is 11.8 Å². The average molecular weight is 215 g/mol. The zero-order valence-electron chi connectivity index (χ0n) is 9.16. The van der Waals surface area contributed by atoms with Crippen LogP contribution in [0.3, 0.4) is 0 Å². The number of rotatable bonds is 4. The van der Waals surface area contributed by atoms with Crippen molar-refractivity contribution < 1.29 is 4.79 Å². The predicted molar refractivity (Wildman–Crippen MR) is 62.2 cm³/mol. The molecule has 0 aromatic carbocycles. The van der Waals surface area contributed by atoms with Crippen molar-refractivity contribution >= 4 is 17.7 Å². The summed E-state index contributed by atoms with van der Waals surface area (Å²) < 4.78 is 0. The van der Waals surface area contributed by atoms with Crippen LogP contribution in [0.1, 0.15) is 39.5 Å². The topological polar surface area (TPSA) is 43.1 Å². The van der Waals surface area contributed by atoms with Crippen LogP contribution in [0, 0.1) is 11.8 Å². The normalized spacial score (nSPS) is 29.9. The molecule has 1 saturated carbocycles. The second-order valence-corrected chi connectivity index (χ2v) is 5.89. The molecule has 1 rings (SSSR count). The first kappa shape index (κ1) is 11.9. The Morgan fingerprint density at radius 2 is 2.29 bits per heavy atom. The second-order valence-electron chi connectivity index (χ2n) is 4.52. The van der Waals surface area contributed by atoms with E-state index >= 15 is 0 Å². The summed E-state index contributed by atoms with van der Waals surface area (Å²) in [6, 6.07) is 0. The maximum Gasteiger partial charge on any atom is 0.230 e. The number of nitrogens with two attached hydrogens (primary N) is 1. The van der Waals surface area contributed by atoms with Crippen LogP contribution in [0.5, 0.6) is 0 Å². The summed E-state index contributed by atoms with van der Waals surface area (Å²) in [7, 11) is 0. The van der Waals surface area contributed by atoms with Crippen LogP contribution in [0.15, 0.2) is 0 Å². The van der Waals surface area contributed by atoms with E-state index in [4.69, 9.17) is 5.73 Å². The maximum atomic E-state index is 10.8. The average Bonchev–Trinajstić information content (AvgIpc) is 2.14. The molecule has 0 saturated heterocycles. The Hall–Kier alpha value is -0.180. The standard InChI is InChI=1S/C11H21NOS/c1-8-4-3-5-10(6-8)7-14-9(2)11(12)13/h8-10H,3-7H2,1-2H3,(H2,12,13)/t8-,9+,10+/m1/s1. The first-order valence-corrected chi connectivity index (χ1v) is 6.55. The van der Waals surface area contributed by atoms with E-state index in [1.165, 1.54) is 25.7 Å². The lowest BCUT2D eigenvalue weighted by molar-refractivity contribution is -0.117. The quantitative estimate of drug-likeness (QED) is 0.782. The van der Waals surface area contributed by atoms with Crippen LogP contribution in [0.2, 0.25) is 0 Å². The molecule has 0 heterocycles. The largest absolute Gasteiger partial charge is 0.369 e. The zero-order valence-corrected chi connectivity index (χ0v) is 9.98. The highest BCUT2D eigenvalue weighted by Crippen LogP contribution is 2.31. The molecule has 1 aliphatic rings. The van der Waals surface area contributed by atoms with Crippen molar-refractivity contribution in [2.75, 3.05) is 5.75 Å². The molecule has 1 amide bonds. The van der Waals surface area contributed by atoms with Gasteiger partial charge in [0, 0.05) is 0 Å². The van der Waals surface area contributed by atoms with Gasteiger partial charge in [-0.1, -0.05) is 19.8 Å². The first-order chi connectivity index (χ1) is 6.59. The molecule has 14 heavy (non-hydrogen) atoms. The van der Waals surface area contributed by atoms with Crippen molar-refractivity contribution in [3.05, 3.63) is 0 Å². The zero-order chi connectivity index (χ0) is 10.6. The Morgan fingerprint density at radius 3 is 2.86 bits per heavy atom. The smallest absolute Gasteiger partial charge is 0.230 e. The first-order valence-electron chi connectivity index (χ1n) is 5.50. The van der Waals surface area contributed by atoms with Crippen LogP contribution in [0.4, 0.5) is 0 Å². The summed E-state index contributed by atoms with van der Waals surface area (Å²) in [6.07, 6.45) is 5.41. The minimum atomic E-state index is -0.182. The molecular weight excluding hydrogens is 194 g/mol. The number of hydrogen-bond donors (Lipinski definition) is 1. The molecule has 0 radical (unpaired) electrons. The Bertz CT molecular complexity index is 196. The highest BCUT2D eigenvalue weighted by molar-refractivity contribution is 8.00. The van der Waals surface area contributed by atoms with Gasteiger partial charge in [-0.3, -0.25) is 4.79 Å². The fourth-order valence-corrected chi connectivity index (χ4v) is 3.10. The number of carbonyl (C=O) groups excluding carboxylic acids is 1. The van der Waals surface area contributed by atoms with Crippen LogP contribution >= 0.6 is 11.8 Å². The lowest BCUT2D eigenvalue weighted by Crippen LogP contribution is -2.24. The number of amides is 1. The lowest BCUT2D eigenvalue weighted by Gasteiger charge is -2.26. The van der Waals surface area contributed by atoms with E-state index in [0.29, 0.717) is 0 Å². The van der Waals surface area contributed by atoms with E-state index < -0.39 is 0 Å². The van der Waals surface area contributed by atoms with E-state index in [1.807, 2.05) is 6.92 Å². The molecule has 0 unspecified atom stereocenters. The van der Waals surface area contributed by atoms with Crippen LogP contribution in [-0.2, 0) is 4.79 Å². The molecule has 1 aliphatic carbocycles. The van der Waals surface area contributed by atoms with E-state index in [0.717, 1.165) is 17.6 Å². The molecule has 0 spiro atoms. The monoisotopic (exact) mass is 215 g/mol. The van der Waals surface area contributed by atoms with Gasteiger partial charge in [-0.05, 0) is 37.4 Å². The molecule has 0 aromatic heterocycles. The van der Waals surface area contributed by atoms with Crippen LogP contribution in [0.25, 0.3) is 0 Å². The molecule has 0 bridgehead atoms. The summed E-state index contributed by atoms with van der Waals surface area (Å²) >= 11 is 1.72. The lowest BCUT2D eigenvalue weighted by atomic mass is 9.83. The summed E-state index contributed by atoms with van der Waals surface area (Å²) in [4.78, 5) is 10.8. The summed E-state index contributed by atoms with van der Waals surface area (Å²) in [5.74, 6) is 2.61. The number of hydrogen-bond acceptors (Lipinski definition) is 2. The van der Waals surface area contributed by atoms with Crippen molar-refractivity contribution in [1.29, 1.82) is 0 Å². The van der Waals surface area contributed by atoms with Gasteiger partial charge in [-0.2, -0.15) is 0 Å². The Morgan fingerprint density at radius 1 is 1.57 bits per heavy atom. The minimum Gasteiger partial charge on any atom is -0.369 e. The molecule has 3 heteroatoms. The molecule has 82 valence electrons. The molecule has 1 fully saturated rings. The molecule has 2 N–H and O–H groups in total. The van der Waals surface area contributed by atoms with E-state index in [-0.39, 0.29) is 11.2 Å². The summed E-state index contributed by atoms with van der Waals surface area (Å²) in [5.41, 5.74) is 5.22. The number of thioether (sulfide) groups is 1. The van der Waals surface area contributed by atoms with E-state index in [9.17, 15) is 4.79 Å². The summed E-state index contributed by atoms with van der Waals surface area (Å²) in [6.45, 7) is 4.23. The van der Waals surface area contributed by atoms with Crippen molar-refractivity contribution in [3.63, 3.8) is 0 Å². The third-order valence-corrected chi connectivity index (χ3v) is 4.42. The summed E-state index contributed by atoms with van der Waals surface area (Å²) in [5, 5.41) is -0.0211. The molecule has 0 aliphatic heterocycles. The SMILES string of the molecule is C[C@@H]1CCC[C@H](CS[C@@H](C)C(N)=O)C1. The van der Waals surface area contributed by atoms with Crippen molar-refractivity contribution in [2.45, 2.75) is 44.8 Å². The molecule has 3 atom stereocenters. The van der Waals surface area contributed by atoms with Gasteiger partial charge in [0.25, 0.3) is 0 Å². The number of primary amides is 1. The van der Waals surface area contributed by atoms with Gasteiger partial charge in [0.1, 0.15) is 0 Å². The van der Waals surface area contributed by atoms with Crippen LogP contribution in [-0.4, -0.2) is 16.9 Å². The predicted octanol–water partition coefficient (Wildman–Crippen LogP) is 2.42. The van der Waals surface area contributed by atoms with Gasteiger partial charge in [-0.25, -0.2) is 0 Å². The van der Waals surface area contributed by atoms with Crippen molar-refractivity contribution in [3.8, 4) is 0 Å². The van der Waals surface area contributed by atoms with Gasteiger partial charge in [0.2, 0.25) is 5.91 Å². The third-order valence-electron chi connectivity index (χ3n) is 3.03. The second kappa shape index (κ2) is 5.64. The molecular formula is C11H21NOS. The van der Waals surface area contributed by atoms with Crippen molar-refractivity contribution in [1.82, 2.24) is 0 Å². The van der Waals surface area contributed by atoms with Gasteiger partial charge >= 0.3 is 0 Å². The number of carbonyl (C=O) groups is 1.